The molecule has 0 aliphatic carbocycles. The summed E-state index contributed by atoms with van der Waals surface area (Å²) in [7, 11) is 0. The zero-order chi connectivity index (χ0) is 13.4. The Hall–Kier alpha value is -0.550. The molecule has 18 heavy (non-hydrogen) atoms. The van der Waals surface area contributed by atoms with E-state index in [0.717, 1.165) is 23.8 Å². The first-order chi connectivity index (χ1) is 8.36. The van der Waals surface area contributed by atoms with E-state index in [0.29, 0.717) is 6.42 Å². The molecule has 1 saturated heterocycles. The summed E-state index contributed by atoms with van der Waals surface area (Å²) in [6.45, 7) is 8.48. The Morgan fingerprint density at radius 2 is 2.22 bits per heavy atom. The Kier molecular flexibility index (Phi) is 3.74. The Bertz CT molecular complexity index is 416. The summed E-state index contributed by atoms with van der Waals surface area (Å²) in [4.78, 5) is 4.32. The fourth-order valence-corrected chi connectivity index (χ4v) is 4.01. The molecular weight excluding hydrogens is 246 g/mol. The van der Waals surface area contributed by atoms with Crippen molar-refractivity contribution in [1.82, 2.24) is 14.8 Å². The number of aromatic nitrogens is 3. The minimum atomic E-state index is -0.685. The van der Waals surface area contributed by atoms with E-state index in [4.69, 9.17) is 0 Å². The maximum Gasteiger partial charge on any atom is 0.138 e. The second-order valence-electron chi connectivity index (χ2n) is 6.11. The van der Waals surface area contributed by atoms with Gasteiger partial charge in [0.25, 0.3) is 0 Å². The van der Waals surface area contributed by atoms with Gasteiger partial charge in [-0.1, -0.05) is 13.8 Å². The lowest BCUT2D eigenvalue weighted by molar-refractivity contribution is -0.0534. The van der Waals surface area contributed by atoms with Crippen molar-refractivity contribution in [3.8, 4) is 0 Å². The molecule has 0 radical (unpaired) electrons. The number of nitrogens with zero attached hydrogens (tertiary/aromatic N) is 3. The highest BCUT2D eigenvalue weighted by molar-refractivity contribution is 7.99. The summed E-state index contributed by atoms with van der Waals surface area (Å²) in [5.41, 5.74) is -0.748. The van der Waals surface area contributed by atoms with Crippen molar-refractivity contribution >= 4 is 11.8 Å². The van der Waals surface area contributed by atoms with Crippen LogP contribution in [0.1, 0.15) is 46.0 Å². The molecule has 1 aliphatic rings. The van der Waals surface area contributed by atoms with Crippen molar-refractivity contribution in [2.24, 2.45) is 5.41 Å². The number of aliphatic hydroxyl groups is 1. The molecule has 0 saturated carbocycles. The van der Waals surface area contributed by atoms with Gasteiger partial charge < -0.3 is 5.11 Å². The number of hydrogen-bond donors (Lipinski definition) is 1. The van der Waals surface area contributed by atoms with Gasteiger partial charge in [-0.05, 0) is 31.4 Å². The molecule has 0 aromatic carbocycles. The van der Waals surface area contributed by atoms with Gasteiger partial charge >= 0.3 is 0 Å². The summed E-state index contributed by atoms with van der Waals surface area (Å²) < 4.78 is 1.91. The van der Waals surface area contributed by atoms with Gasteiger partial charge in [-0.3, -0.25) is 0 Å². The molecule has 1 N–H and O–H groups in total. The van der Waals surface area contributed by atoms with Gasteiger partial charge in [-0.15, -0.1) is 0 Å². The van der Waals surface area contributed by atoms with E-state index in [1.165, 1.54) is 0 Å². The lowest BCUT2D eigenvalue weighted by Gasteiger charge is -2.46. The fraction of sp³-hybridized carbons (Fsp3) is 0.846. The van der Waals surface area contributed by atoms with Gasteiger partial charge in [-0.2, -0.15) is 16.9 Å². The smallest absolute Gasteiger partial charge is 0.138 e. The summed E-state index contributed by atoms with van der Waals surface area (Å²) in [5, 5.41) is 15.2. The van der Waals surface area contributed by atoms with Crippen LogP contribution in [0.4, 0.5) is 0 Å². The zero-order valence-electron chi connectivity index (χ0n) is 11.7. The van der Waals surface area contributed by atoms with Gasteiger partial charge in [0, 0.05) is 18.2 Å². The van der Waals surface area contributed by atoms with Crippen LogP contribution in [0.15, 0.2) is 6.33 Å². The van der Waals surface area contributed by atoms with Gasteiger partial charge in [0.1, 0.15) is 12.2 Å². The largest absolute Gasteiger partial charge is 0.388 e. The molecule has 1 fully saturated rings. The van der Waals surface area contributed by atoms with Crippen molar-refractivity contribution in [2.45, 2.75) is 52.2 Å². The minimum absolute atomic E-state index is 0.0635. The first kappa shape index (κ1) is 13.9. The van der Waals surface area contributed by atoms with Crippen LogP contribution in [-0.4, -0.2) is 37.0 Å². The SMILES string of the molecule is CC(C)n1ncnc1CC1(O)CSCCC1(C)C. The van der Waals surface area contributed by atoms with Crippen LogP contribution in [0.2, 0.25) is 0 Å². The van der Waals surface area contributed by atoms with Crippen molar-refractivity contribution in [1.29, 1.82) is 0 Å². The Morgan fingerprint density at radius 3 is 2.83 bits per heavy atom. The van der Waals surface area contributed by atoms with E-state index < -0.39 is 5.60 Å². The minimum Gasteiger partial charge on any atom is -0.388 e. The second kappa shape index (κ2) is 4.85. The van der Waals surface area contributed by atoms with E-state index in [2.05, 4.69) is 37.8 Å². The molecule has 1 aromatic heterocycles. The Morgan fingerprint density at radius 1 is 1.50 bits per heavy atom. The van der Waals surface area contributed by atoms with E-state index in [9.17, 15) is 5.11 Å². The molecule has 5 heteroatoms. The molecule has 1 unspecified atom stereocenters. The normalized spacial score (nSPS) is 27.7. The van der Waals surface area contributed by atoms with Crippen LogP contribution < -0.4 is 0 Å². The van der Waals surface area contributed by atoms with Gasteiger partial charge in [0.15, 0.2) is 0 Å². The Balaban J connectivity index is 2.23. The van der Waals surface area contributed by atoms with Gasteiger partial charge in [-0.25, -0.2) is 9.67 Å². The van der Waals surface area contributed by atoms with Crippen LogP contribution in [0.3, 0.4) is 0 Å². The average molecular weight is 269 g/mol. The highest BCUT2D eigenvalue weighted by Gasteiger charge is 2.46. The van der Waals surface area contributed by atoms with Crippen LogP contribution >= 0.6 is 11.8 Å². The number of rotatable bonds is 3. The zero-order valence-corrected chi connectivity index (χ0v) is 12.5. The fourth-order valence-electron chi connectivity index (χ4n) is 2.38. The topological polar surface area (TPSA) is 50.9 Å². The number of thioether (sulfide) groups is 1. The summed E-state index contributed by atoms with van der Waals surface area (Å²) >= 11 is 1.83. The monoisotopic (exact) mass is 269 g/mol. The maximum atomic E-state index is 11.0. The van der Waals surface area contributed by atoms with E-state index >= 15 is 0 Å². The summed E-state index contributed by atoms with van der Waals surface area (Å²) in [5.74, 6) is 2.81. The molecule has 102 valence electrons. The Labute approximate surface area is 113 Å². The molecule has 0 bridgehead atoms. The lowest BCUT2D eigenvalue weighted by atomic mass is 9.71. The lowest BCUT2D eigenvalue weighted by Crippen LogP contribution is -2.52. The van der Waals surface area contributed by atoms with Crippen molar-refractivity contribution in [3.63, 3.8) is 0 Å². The van der Waals surface area contributed by atoms with Crippen molar-refractivity contribution < 1.29 is 5.11 Å². The average Bonchev–Trinajstić information content (AvgIpc) is 2.71. The van der Waals surface area contributed by atoms with E-state index in [1.54, 1.807) is 6.33 Å². The second-order valence-corrected chi connectivity index (χ2v) is 7.21. The first-order valence-electron chi connectivity index (χ1n) is 6.54. The predicted molar refractivity (Wildman–Crippen MR) is 74.8 cm³/mol. The van der Waals surface area contributed by atoms with Crippen LogP contribution in [0.25, 0.3) is 0 Å². The third kappa shape index (κ3) is 2.43. The quantitative estimate of drug-likeness (QED) is 0.915. The molecule has 1 aliphatic heterocycles. The molecule has 2 rings (SSSR count). The molecular formula is C13H23N3OS. The van der Waals surface area contributed by atoms with Crippen molar-refractivity contribution in [2.75, 3.05) is 11.5 Å². The van der Waals surface area contributed by atoms with Gasteiger partial charge in [0.05, 0.1) is 5.60 Å². The summed E-state index contributed by atoms with van der Waals surface area (Å²) in [6.07, 6.45) is 3.22. The highest BCUT2D eigenvalue weighted by atomic mass is 32.2. The van der Waals surface area contributed by atoms with Gasteiger partial charge in [0.2, 0.25) is 0 Å². The summed E-state index contributed by atoms with van der Waals surface area (Å²) in [6, 6.07) is 0.283. The standard InChI is InChI=1S/C13H23N3OS/c1-10(2)16-11(14-9-15-16)7-13(17)8-18-6-5-12(13,3)4/h9-10,17H,5-8H2,1-4H3. The maximum absolute atomic E-state index is 11.0. The molecule has 1 atom stereocenters. The molecule has 4 nitrogen and oxygen atoms in total. The molecule has 1 aromatic rings. The van der Waals surface area contributed by atoms with E-state index in [-0.39, 0.29) is 11.5 Å². The van der Waals surface area contributed by atoms with Crippen LogP contribution in [-0.2, 0) is 6.42 Å². The van der Waals surface area contributed by atoms with E-state index in [1.807, 2.05) is 16.4 Å². The van der Waals surface area contributed by atoms with Crippen molar-refractivity contribution in [3.05, 3.63) is 12.2 Å². The van der Waals surface area contributed by atoms with Crippen LogP contribution in [0, 0.1) is 5.41 Å². The number of hydrogen-bond acceptors (Lipinski definition) is 4. The first-order valence-corrected chi connectivity index (χ1v) is 7.70. The molecule has 2 heterocycles. The van der Waals surface area contributed by atoms with Crippen LogP contribution in [0.5, 0.6) is 0 Å². The molecule has 0 amide bonds. The third-order valence-corrected chi connectivity index (χ3v) is 5.23. The third-order valence-electron chi connectivity index (χ3n) is 4.06. The molecule has 0 spiro atoms. The predicted octanol–water partition coefficient (Wildman–Crippen LogP) is 2.30. The highest BCUT2D eigenvalue weighted by Crippen LogP contribution is 2.43.